The number of likely N-dealkylation sites (tertiary alicyclic amines) is 1. The Morgan fingerprint density at radius 2 is 2.31 bits per heavy atom. The predicted molar refractivity (Wildman–Crippen MR) is 62.0 cm³/mol. The van der Waals surface area contributed by atoms with Gasteiger partial charge in [0.25, 0.3) is 0 Å². The van der Waals surface area contributed by atoms with E-state index in [-0.39, 0.29) is 5.82 Å². The number of hydrogen-bond acceptors (Lipinski definition) is 2. The molecule has 1 aromatic rings. The van der Waals surface area contributed by atoms with E-state index in [4.69, 9.17) is 11.6 Å². The van der Waals surface area contributed by atoms with Crippen LogP contribution in [0, 0.1) is 5.82 Å². The van der Waals surface area contributed by atoms with E-state index in [0.29, 0.717) is 23.6 Å². The molecule has 2 nitrogen and oxygen atoms in total. The third-order valence-corrected chi connectivity index (χ3v) is 3.52. The van der Waals surface area contributed by atoms with Crippen molar-refractivity contribution in [3.63, 3.8) is 0 Å². The van der Waals surface area contributed by atoms with Gasteiger partial charge in [-0.15, -0.1) is 0 Å². The summed E-state index contributed by atoms with van der Waals surface area (Å²) in [6, 6.07) is 4.17. The van der Waals surface area contributed by atoms with Crippen LogP contribution in [0.4, 0.5) is 4.39 Å². The SMILES string of the molecule is CCN1CCC(O)(c2ccc(F)cc2Cl)C1. The summed E-state index contributed by atoms with van der Waals surface area (Å²) < 4.78 is 12.9. The molecule has 1 unspecified atom stereocenters. The second kappa shape index (κ2) is 4.32. The number of likely N-dealkylation sites (N-methyl/N-ethyl adjacent to an activating group) is 1. The number of β-amino-alcohol motifs (C(OH)–C–C–N with tert-alkyl or cyclic N) is 1. The highest BCUT2D eigenvalue weighted by Gasteiger charge is 2.38. The minimum absolute atomic E-state index is 0.306. The fraction of sp³-hybridized carbons (Fsp3) is 0.500. The molecule has 16 heavy (non-hydrogen) atoms. The van der Waals surface area contributed by atoms with Crippen LogP contribution in [0.25, 0.3) is 0 Å². The molecule has 0 aliphatic carbocycles. The largest absolute Gasteiger partial charge is 0.384 e. The molecule has 1 aromatic carbocycles. The van der Waals surface area contributed by atoms with Crippen LogP contribution in [-0.4, -0.2) is 29.6 Å². The smallest absolute Gasteiger partial charge is 0.124 e. The van der Waals surface area contributed by atoms with Crippen LogP contribution in [0.15, 0.2) is 18.2 Å². The third kappa shape index (κ3) is 2.08. The fourth-order valence-corrected chi connectivity index (χ4v) is 2.57. The standard InChI is InChI=1S/C12H15ClFNO/c1-2-15-6-5-12(16,8-15)10-4-3-9(14)7-11(10)13/h3-4,7,16H,2,5-6,8H2,1H3. The van der Waals surface area contributed by atoms with Crippen molar-refractivity contribution in [3.8, 4) is 0 Å². The minimum Gasteiger partial charge on any atom is -0.384 e. The lowest BCUT2D eigenvalue weighted by Crippen LogP contribution is -2.31. The number of benzene rings is 1. The topological polar surface area (TPSA) is 23.5 Å². The Bertz CT molecular complexity index is 399. The van der Waals surface area contributed by atoms with Crippen molar-refractivity contribution in [1.82, 2.24) is 4.90 Å². The summed E-state index contributed by atoms with van der Waals surface area (Å²) in [4.78, 5) is 2.15. The summed E-state index contributed by atoms with van der Waals surface area (Å²) >= 11 is 5.97. The molecule has 1 fully saturated rings. The molecule has 0 bridgehead atoms. The van der Waals surface area contributed by atoms with Gasteiger partial charge in [0.15, 0.2) is 0 Å². The molecule has 1 saturated heterocycles. The summed E-state index contributed by atoms with van der Waals surface area (Å²) in [5.41, 5.74) is -0.299. The average molecular weight is 244 g/mol. The number of halogens is 2. The third-order valence-electron chi connectivity index (χ3n) is 3.21. The van der Waals surface area contributed by atoms with Gasteiger partial charge in [-0.2, -0.15) is 0 Å². The zero-order valence-electron chi connectivity index (χ0n) is 9.21. The van der Waals surface area contributed by atoms with Gasteiger partial charge in [-0.25, -0.2) is 4.39 Å². The van der Waals surface area contributed by atoms with E-state index < -0.39 is 5.60 Å². The van der Waals surface area contributed by atoms with E-state index in [1.54, 1.807) is 6.07 Å². The van der Waals surface area contributed by atoms with Crippen molar-refractivity contribution in [3.05, 3.63) is 34.6 Å². The normalized spacial score (nSPS) is 26.2. The number of aliphatic hydroxyl groups is 1. The summed E-state index contributed by atoms with van der Waals surface area (Å²) in [5.74, 6) is -0.373. The van der Waals surface area contributed by atoms with Gasteiger partial charge in [0.2, 0.25) is 0 Å². The zero-order chi connectivity index (χ0) is 11.8. The molecular formula is C12H15ClFNO. The van der Waals surface area contributed by atoms with Crippen LogP contribution >= 0.6 is 11.6 Å². The van der Waals surface area contributed by atoms with Crippen LogP contribution in [0.2, 0.25) is 5.02 Å². The summed E-state index contributed by atoms with van der Waals surface area (Å²) in [6.45, 7) is 4.37. The predicted octanol–water partition coefficient (Wildman–Crippen LogP) is 2.39. The molecule has 0 radical (unpaired) electrons. The van der Waals surface area contributed by atoms with Crippen molar-refractivity contribution in [2.45, 2.75) is 18.9 Å². The van der Waals surface area contributed by atoms with Crippen molar-refractivity contribution in [2.75, 3.05) is 19.6 Å². The van der Waals surface area contributed by atoms with Crippen molar-refractivity contribution < 1.29 is 9.50 Å². The first-order valence-corrected chi connectivity index (χ1v) is 5.83. The molecule has 4 heteroatoms. The van der Waals surface area contributed by atoms with Gasteiger partial charge in [0.1, 0.15) is 11.4 Å². The molecule has 1 N–H and O–H groups in total. The molecule has 1 aliphatic heterocycles. The van der Waals surface area contributed by atoms with Crippen LogP contribution < -0.4 is 0 Å². The van der Waals surface area contributed by atoms with Crippen LogP contribution in [0.1, 0.15) is 18.9 Å². The van der Waals surface area contributed by atoms with Crippen molar-refractivity contribution in [2.24, 2.45) is 0 Å². The fourth-order valence-electron chi connectivity index (χ4n) is 2.23. The Labute approximate surface area is 99.6 Å². The number of hydrogen-bond donors (Lipinski definition) is 1. The monoisotopic (exact) mass is 243 g/mol. The Morgan fingerprint density at radius 1 is 1.56 bits per heavy atom. The van der Waals surface area contributed by atoms with Gasteiger partial charge >= 0.3 is 0 Å². The van der Waals surface area contributed by atoms with E-state index >= 15 is 0 Å². The Kier molecular flexibility index (Phi) is 3.19. The Balaban J connectivity index is 2.30. The molecular weight excluding hydrogens is 229 g/mol. The molecule has 1 atom stereocenters. The van der Waals surface area contributed by atoms with Crippen LogP contribution in [0.5, 0.6) is 0 Å². The first-order valence-electron chi connectivity index (χ1n) is 5.45. The van der Waals surface area contributed by atoms with Gasteiger partial charge in [0.05, 0.1) is 0 Å². The lowest BCUT2D eigenvalue weighted by Gasteiger charge is -2.24. The highest BCUT2D eigenvalue weighted by molar-refractivity contribution is 6.31. The highest BCUT2D eigenvalue weighted by Crippen LogP contribution is 2.36. The Hall–Kier alpha value is -0.640. The first-order chi connectivity index (χ1) is 7.55. The molecule has 1 aliphatic rings. The minimum atomic E-state index is -0.930. The quantitative estimate of drug-likeness (QED) is 0.862. The molecule has 1 heterocycles. The number of rotatable bonds is 2. The molecule has 88 valence electrons. The van der Waals surface area contributed by atoms with E-state index in [2.05, 4.69) is 11.8 Å². The molecule has 0 saturated carbocycles. The van der Waals surface area contributed by atoms with Crippen molar-refractivity contribution in [1.29, 1.82) is 0 Å². The number of nitrogens with zero attached hydrogens (tertiary/aromatic N) is 1. The average Bonchev–Trinajstić information content (AvgIpc) is 2.61. The van der Waals surface area contributed by atoms with Crippen LogP contribution in [0.3, 0.4) is 0 Å². The molecule has 0 spiro atoms. The zero-order valence-corrected chi connectivity index (χ0v) is 9.97. The van der Waals surface area contributed by atoms with Gasteiger partial charge in [-0.05, 0) is 25.1 Å². The second-order valence-corrected chi connectivity index (χ2v) is 4.68. The lowest BCUT2D eigenvalue weighted by molar-refractivity contribution is 0.0468. The highest BCUT2D eigenvalue weighted by atomic mass is 35.5. The van der Waals surface area contributed by atoms with E-state index in [1.807, 2.05) is 0 Å². The summed E-state index contributed by atoms with van der Waals surface area (Å²) in [7, 11) is 0. The van der Waals surface area contributed by atoms with Gasteiger partial charge in [-0.3, -0.25) is 0 Å². The lowest BCUT2D eigenvalue weighted by atomic mass is 9.93. The second-order valence-electron chi connectivity index (χ2n) is 4.27. The summed E-state index contributed by atoms with van der Waals surface area (Å²) in [5, 5.41) is 10.8. The van der Waals surface area contributed by atoms with E-state index in [1.165, 1.54) is 12.1 Å². The maximum atomic E-state index is 12.9. The maximum Gasteiger partial charge on any atom is 0.124 e. The van der Waals surface area contributed by atoms with E-state index in [0.717, 1.165) is 13.1 Å². The maximum absolute atomic E-state index is 12.9. The first kappa shape index (κ1) is 11.8. The van der Waals surface area contributed by atoms with Gasteiger partial charge in [0, 0.05) is 23.7 Å². The van der Waals surface area contributed by atoms with Crippen LogP contribution in [-0.2, 0) is 5.60 Å². The molecule has 0 aromatic heterocycles. The molecule has 0 amide bonds. The van der Waals surface area contributed by atoms with Crippen molar-refractivity contribution >= 4 is 11.6 Å². The molecule has 2 rings (SSSR count). The van der Waals surface area contributed by atoms with Gasteiger partial charge < -0.3 is 10.0 Å². The van der Waals surface area contributed by atoms with Gasteiger partial charge in [-0.1, -0.05) is 24.6 Å². The van der Waals surface area contributed by atoms with E-state index in [9.17, 15) is 9.50 Å². The summed E-state index contributed by atoms with van der Waals surface area (Å²) in [6.07, 6.45) is 0.645. The Morgan fingerprint density at radius 3 is 2.88 bits per heavy atom.